The van der Waals surface area contributed by atoms with Gasteiger partial charge in [-0.1, -0.05) is 18.9 Å². The SMILES string of the molecule is Cc1cccn2c(=O)cc(CN(CC(N)=O)C3CCCC3)nc12. The van der Waals surface area contributed by atoms with Gasteiger partial charge >= 0.3 is 0 Å². The van der Waals surface area contributed by atoms with E-state index < -0.39 is 0 Å². The molecule has 6 heteroatoms. The monoisotopic (exact) mass is 314 g/mol. The van der Waals surface area contributed by atoms with Crippen molar-refractivity contribution in [3.05, 3.63) is 46.0 Å². The second kappa shape index (κ2) is 6.50. The summed E-state index contributed by atoms with van der Waals surface area (Å²) in [6.45, 7) is 2.62. The van der Waals surface area contributed by atoms with Gasteiger partial charge in [-0.05, 0) is 31.4 Å². The summed E-state index contributed by atoms with van der Waals surface area (Å²) in [4.78, 5) is 30.4. The molecule has 1 aliphatic carbocycles. The first-order valence-electron chi connectivity index (χ1n) is 8.05. The molecule has 0 aliphatic heterocycles. The van der Waals surface area contributed by atoms with Crippen LogP contribution in [0.2, 0.25) is 0 Å². The zero-order chi connectivity index (χ0) is 16.4. The van der Waals surface area contributed by atoms with Crippen LogP contribution in [0.5, 0.6) is 0 Å². The smallest absolute Gasteiger partial charge is 0.258 e. The second-order valence-corrected chi connectivity index (χ2v) is 6.28. The van der Waals surface area contributed by atoms with Gasteiger partial charge in [0, 0.05) is 24.8 Å². The number of hydrogen-bond acceptors (Lipinski definition) is 4. The molecule has 0 saturated heterocycles. The fourth-order valence-electron chi connectivity index (χ4n) is 3.38. The van der Waals surface area contributed by atoms with Gasteiger partial charge in [-0.15, -0.1) is 0 Å². The second-order valence-electron chi connectivity index (χ2n) is 6.28. The maximum atomic E-state index is 12.3. The number of rotatable bonds is 5. The number of pyridine rings is 1. The van der Waals surface area contributed by atoms with Crippen molar-refractivity contribution in [3.63, 3.8) is 0 Å². The number of carbonyl (C=O) groups is 1. The maximum Gasteiger partial charge on any atom is 0.258 e. The fourth-order valence-corrected chi connectivity index (χ4v) is 3.38. The van der Waals surface area contributed by atoms with Crippen LogP contribution in [0.1, 0.15) is 36.9 Å². The Hall–Kier alpha value is -2.21. The van der Waals surface area contributed by atoms with E-state index in [1.54, 1.807) is 16.7 Å². The number of hydrogen-bond donors (Lipinski definition) is 1. The molecule has 0 bridgehead atoms. The van der Waals surface area contributed by atoms with E-state index >= 15 is 0 Å². The number of aromatic nitrogens is 2. The summed E-state index contributed by atoms with van der Waals surface area (Å²) in [6, 6.07) is 5.67. The zero-order valence-corrected chi connectivity index (χ0v) is 13.4. The van der Waals surface area contributed by atoms with E-state index in [4.69, 9.17) is 5.73 Å². The lowest BCUT2D eigenvalue weighted by Gasteiger charge is -2.27. The Morgan fingerprint density at radius 3 is 2.87 bits per heavy atom. The van der Waals surface area contributed by atoms with Gasteiger partial charge in [0.15, 0.2) is 0 Å². The van der Waals surface area contributed by atoms with Crippen molar-refractivity contribution >= 4 is 11.6 Å². The van der Waals surface area contributed by atoms with Crippen molar-refractivity contribution < 1.29 is 4.79 Å². The molecule has 0 aromatic carbocycles. The highest BCUT2D eigenvalue weighted by atomic mass is 16.1. The first kappa shape index (κ1) is 15.7. The lowest BCUT2D eigenvalue weighted by atomic mass is 10.2. The van der Waals surface area contributed by atoms with Crippen LogP contribution in [0, 0.1) is 6.92 Å². The standard InChI is InChI=1S/C17H22N4O2/c1-12-5-4-8-21-16(23)9-13(19-17(12)21)10-20(11-15(18)22)14-6-2-3-7-14/h4-5,8-9,14H,2-3,6-7,10-11H2,1H3,(H2,18,22). The predicted octanol–water partition coefficient (Wildman–Crippen LogP) is 1.23. The molecule has 1 amide bonds. The van der Waals surface area contributed by atoms with Gasteiger partial charge in [-0.2, -0.15) is 0 Å². The van der Waals surface area contributed by atoms with Gasteiger partial charge in [0.25, 0.3) is 5.56 Å². The zero-order valence-electron chi connectivity index (χ0n) is 13.4. The summed E-state index contributed by atoms with van der Waals surface area (Å²) in [7, 11) is 0. The van der Waals surface area contributed by atoms with Crippen LogP contribution in [0.25, 0.3) is 5.65 Å². The summed E-state index contributed by atoms with van der Waals surface area (Å²) in [5, 5.41) is 0. The van der Waals surface area contributed by atoms with E-state index in [0.29, 0.717) is 23.9 Å². The van der Waals surface area contributed by atoms with E-state index in [1.807, 2.05) is 19.1 Å². The Bertz CT molecular complexity index is 778. The van der Waals surface area contributed by atoms with Crippen molar-refractivity contribution in [1.82, 2.24) is 14.3 Å². The molecule has 2 N–H and O–H groups in total. The van der Waals surface area contributed by atoms with Crippen LogP contribution in [-0.2, 0) is 11.3 Å². The summed E-state index contributed by atoms with van der Waals surface area (Å²) in [5.74, 6) is -0.342. The Balaban J connectivity index is 1.93. The third-order valence-electron chi connectivity index (χ3n) is 4.50. The molecular weight excluding hydrogens is 292 g/mol. The van der Waals surface area contributed by atoms with Crippen LogP contribution >= 0.6 is 0 Å². The number of amides is 1. The first-order chi connectivity index (χ1) is 11.0. The number of primary amides is 1. The van der Waals surface area contributed by atoms with Crippen molar-refractivity contribution in [2.45, 2.75) is 45.2 Å². The molecule has 3 rings (SSSR count). The Morgan fingerprint density at radius 2 is 2.17 bits per heavy atom. The van der Waals surface area contributed by atoms with Crippen LogP contribution in [0.4, 0.5) is 0 Å². The van der Waals surface area contributed by atoms with Crippen LogP contribution in [-0.4, -0.2) is 32.8 Å². The van der Waals surface area contributed by atoms with E-state index in [2.05, 4.69) is 9.88 Å². The molecule has 0 radical (unpaired) electrons. The molecule has 0 spiro atoms. The van der Waals surface area contributed by atoms with Gasteiger partial charge in [-0.25, -0.2) is 4.98 Å². The lowest BCUT2D eigenvalue weighted by molar-refractivity contribution is -0.119. The third-order valence-corrected chi connectivity index (χ3v) is 4.50. The highest BCUT2D eigenvalue weighted by molar-refractivity contribution is 5.76. The van der Waals surface area contributed by atoms with Gasteiger partial charge in [0.2, 0.25) is 5.91 Å². The van der Waals surface area contributed by atoms with Crippen LogP contribution < -0.4 is 11.3 Å². The number of aryl methyl sites for hydroxylation is 1. The largest absolute Gasteiger partial charge is 0.369 e. The van der Waals surface area contributed by atoms with E-state index in [-0.39, 0.29) is 18.0 Å². The van der Waals surface area contributed by atoms with Gasteiger partial charge in [0.1, 0.15) is 5.65 Å². The molecule has 2 aromatic heterocycles. The van der Waals surface area contributed by atoms with Crippen LogP contribution in [0.3, 0.4) is 0 Å². The van der Waals surface area contributed by atoms with E-state index in [1.165, 1.54) is 12.8 Å². The topological polar surface area (TPSA) is 80.7 Å². The molecule has 1 saturated carbocycles. The average molecular weight is 314 g/mol. The van der Waals surface area contributed by atoms with Crippen molar-refractivity contribution in [2.24, 2.45) is 5.73 Å². The molecule has 2 aromatic rings. The van der Waals surface area contributed by atoms with E-state index in [0.717, 1.165) is 18.4 Å². The quantitative estimate of drug-likeness (QED) is 0.900. The van der Waals surface area contributed by atoms with Crippen molar-refractivity contribution in [1.29, 1.82) is 0 Å². The summed E-state index contributed by atoms with van der Waals surface area (Å²) >= 11 is 0. The van der Waals surface area contributed by atoms with Crippen molar-refractivity contribution in [2.75, 3.05) is 6.54 Å². The van der Waals surface area contributed by atoms with Gasteiger partial charge in [0.05, 0.1) is 12.2 Å². The molecule has 0 atom stereocenters. The minimum atomic E-state index is -0.342. The van der Waals surface area contributed by atoms with Gasteiger partial charge < -0.3 is 5.73 Å². The minimum absolute atomic E-state index is 0.0980. The molecule has 1 fully saturated rings. The Labute approximate surface area is 134 Å². The molecule has 6 nitrogen and oxygen atoms in total. The first-order valence-corrected chi connectivity index (χ1v) is 8.05. The number of nitrogens with zero attached hydrogens (tertiary/aromatic N) is 3. The van der Waals surface area contributed by atoms with E-state index in [9.17, 15) is 9.59 Å². The summed E-state index contributed by atoms with van der Waals surface area (Å²) in [5.41, 5.74) is 7.61. The van der Waals surface area contributed by atoms with Gasteiger partial charge in [-0.3, -0.25) is 18.9 Å². The Morgan fingerprint density at radius 1 is 1.43 bits per heavy atom. The molecule has 2 heterocycles. The molecule has 122 valence electrons. The normalized spacial score (nSPS) is 15.6. The number of nitrogens with two attached hydrogens (primary N) is 1. The minimum Gasteiger partial charge on any atom is -0.369 e. The summed E-state index contributed by atoms with van der Waals surface area (Å²) < 4.78 is 1.55. The third kappa shape index (κ3) is 3.42. The lowest BCUT2D eigenvalue weighted by Crippen LogP contribution is -2.40. The number of carbonyl (C=O) groups excluding carboxylic acids is 1. The highest BCUT2D eigenvalue weighted by Gasteiger charge is 2.24. The highest BCUT2D eigenvalue weighted by Crippen LogP contribution is 2.24. The predicted molar refractivity (Wildman–Crippen MR) is 88.1 cm³/mol. The molecular formula is C17H22N4O2. The van der Waals surface area contributed by atoms with Crippen molar-refractivity contribution in [3.8, 4) is 0 Å². The fraction of sp³-hybridized carbons (Fsp3) is 0.471. The number of fused-ring (bicyclic) bond motifs is 1. The summed E-state index contributed by atoms with van der Waals surface area (Å²) in [6.07, 6.45) is 6.21. The van der Waals surface area contributed by atoms with Crippen LogP contribution in [0.15, 0.2) is 29.2 Å². The Kier molecular flexibility index (Phi) is 4.43. The maximum absolute atomic E-state index is 12.3. The molecule has 23 heavy (non-hydrogen) atoms. The molecule has 0 unspecified atom stereocenters. The average Bonchev–Trinajstić information content (AvgIpc) is 3.01. The molecule has 1 aliphatic rings.